The van der Waals surface area contributed by atoms with Crippen molar-refractivity contribution in [3.05, 3.63) is 23.8 Å². The van der Waals surface area contributed by atoms with Gasteiger partial charge in [-0.3, -0.25) is 4.79 Å². The van der Waals surface area contributed by atoms with Crippen molar-refractivity contribution in [2.75, 3.05) is 32.7 Å². The molecule has 0 spiro atoms. The van der Waals surface area contributed by atoms with Crippen LogP contribution in [0.25, 0.3) is 5.78 Å². The van der Waals surface area contributed by atoms with Crippen LogP contribution in [0.1, 0.15) is 44.0 Å². The number of hydrogen-bond donors (Lipinski definition) is 0. The zero-order valence-electron chi connectivity index (χ0n) is 15.4. The molecule has 7 heteroatoms. The van der Waals surface area contributed by atoms with E-state index >= 15 is 0 Å². The van der Waals surface area contributed by atoms with Crippen molar-refractivity contribution in [1.29, 1.82) is 0 Å². The SMILES string of the molecule is CCN(CC)CCN(CC(C)C)C(=O)c1nc2nccc(C)n2n1. The van der Waals surface area contributed by atoms with Crippen LogP contribution in [0.5, 0.6) is 0 Å². The predicted molar refractivity (Wildman–Crippen MR) is 94.0 cm³/mol. The molecule has 0 aliphatic rings. The van der Waals surface area contributed by atoms with Crippen LogP contribution in [0.4, 0.5) is 0 Å². The fraction of sp³-hybridized carbons (Fsp3) is 0.647. The Morgan fingerprint density at radius 3 is 2.54 bits per heavy atom. The summed E-state index contributed by atoms with van der Waals surface area (Å²) in [5.74, 6) is 0.951. The van der Waals surface area contributed by atoms with Gasteiger partial charge in [-0.15, -0.1) is 5.10 Å². The van der Waals surface area contributed by atoms with Gasteiger partial charge in [0.25, 0.3) is 11.7 Å². The van der Waals surface area contributed by atoms with Crippen molar-refractivity contribution in [1.82, 2.24) is 29.4 Å². The molecule has 0 unspecified atom stereocenters. The van der Waals surface area contributed by atoms with Gasteiger partial charge in [-0.1, -0.05) is 27.7 Å². The summed E-state index contributed by atoms with van der Waals surface area (Å²) in [6.07, 6.45) is 1.68. The fourth-order valence-electron chi connectivity index (χ4n) is 2.66. The van der Waals surface area contributed by atoms with E-state index in [4.69, 9.17) is 0 Å². The Morgan fingerprint density at radius 1 is 1.25 bits per heavy atom. The number of hydrogen-bond acceptors (Lipinski definition) is 5. The van der Waals surface area contributed by atoms with Gasteiger partial charge in [-0.2, -0.15) is 4.98 Å². The first kappa shape index (κ1) is 18.3. The van der Waals surface area contributed by atoms with Gasteiger partial charge < -0.3 is 9.80 Å². The Labute approximate surface area is 143 Å². The van der Waals surface area contributed by atoms with Gasteiger partial charge >= 0.3 is 0 Å². The third-order valence-corrected chi connectivity index (χ3v) is 4.07. The lowest BCUT2D eigenvalue weighted by atomic mass is 10.2. The van der Waals surface area contributed by atoms with Crippen LogP contribution in [0.15, 0.2) is 12.3 Å². The van der Waals surface area contributed by atoms with Gasteiger partial charge in [0.2, 0.25) is 5.82 Å². The van der Waals surface area contributed by atoms with Crippen LogP contribution in [0.2, 0.25) is 0 Å². The molecule has 2 aromatic heterocycles. The van der Waals surface area contributed by atoms with Gasteiger partial charge in [0.1, 0.15) is 0 Å². The number of likely N-dealkylation sites (N-methyl/N-ethyl adjacent to an activating group) is 1. The van der Waals surface area contributed by atoms with Crippen LogP contribution < -0.4 is 0 Å². The minimum absolute atomic E-state index is 0.124. The summed E-state index contributed by atoms with van der Waals surface area (Å²) < 4.78 is 1.62. The van der Waals surface area contributed by atoms with Crippen LogP contribution >= 0.6 is 0 Å². The van der Waals surface area contributed by atoms with Gasteiger partial charge in [-0.05, 0) is 32.0 Å². The molecule has 1 amide bonds. The van der Waals surface area contributed by atoms with Gasteiger partial charge in [0.15, 0.2) is 0 Å². The van der Waals surface area contributed by atoms with E-state index in [2.05, 4.69) is 47.7 Å². The maximum Gasteiger partial charge on any atom is 0.293 e. The van der Waals surface area contributed by atoms with Crippen LogP contribution in [0.3, 0.4) is 0 Å². The third-order valence-electron chi connectivity index (χ3n) is 4.07. The highest BCUT2D eigenvalue weighted by Gasteiger charge is 2.22. The Morgan fingerprint density at radius 2 is 1.96 bits per heavy atom. The lowest BCUT2D eigenvalue weighted by Crippen LogP contribution is -2.41. The van der Waals surface area contributed by atoms with Crippen molar-refractivity contribution >= 4 is 11.7 Å². The van der Waals surface area contributed by atoms with Crippen LogP contribution in [-0.2, 0) is 0 Å². The molecule has 0 radical (unpaired) electrons. The largest absolute Gasteiger partial charge is 0.334 e. The van der Waals surface area contributed by atoms with E-state index in [0.717, 1.165) is 25.3 Å². The van der Waals surface area contributed by atoms with Crippen molar-refractivity contribution in [2.24, 2.45) is 5.92 Å². The first-order valence-electron chi connectivity index (χ1n) is 8.66. The zero-order valence-corrected chi connectivity index (χ0v) is 15.4. The van der Waals surface area contributed by atoms with Crippen LogP contribution in [-0.4, -0.2) is 68.0 Å². The van der Waals surface area contributed by atoms with E-state index in [1.165, 1.54) is 0 Å². The fourth-order valence-corrected chi connectivity index (χ4v) is 2.66. The van der Waals surface area contributed by atoms with Gasteiger partial charge in [0.05, 0.1) is 0 Å². The lowest BCUT2D eigenvalue weighted by molar-refractivity contribution is 0.0704. The molecule has 132 valence electrons. The molecule has 0 aliphatic carbocycles. The Kier molecular flexibility index (Phi) is 6.25. The molecular weight excluding hydrogens is 304 g/mol. The molecule has 0 aliphatic heterocycles. The molecule has 0 aromatic carbocycles. The van der Waals surface area contributed by atoms with E-state index in [-0.39, 0.29) is 11.7 Å². The Bertz CT molecular complexity index is 677. The average molecular weight is 332 g/mol. The van der Waals surface area contributed by atoms with Crippen molar-refractivity contribution < 1.29 is 4.79 Å². The number of carbonyl (C=O) groups excluding carboxylic acids is 1. The average Bonchev–Trinajstić information content (AvgIpc) is 2.99. The van der Waals surface area contributed by atoms with E-state index in [1.807, 2.05) is 17.9 Å². The smallest absolute Gasteiger partial charge is 0.293 e. The van der Waals surface area contributed by atoms with E-state index < -0.39 is 0 Å². The van der Waals surface area contributed by atoms with E-state index in [1.54, 1.807) is 10.7 Å². The standard InChI is InChI=1S/C17H28N6O/c1-6-21(7-2)10-11-22(12-13(3)4)16(24)15-19-17-18-9-8-14(5)23(17)20-15/h8-9,13H,6-7,10-12H2,1-5H3. The number of aryl methyl sites for hydroxylation is 1. The minimum Gasteiger partial charge on any atom is -0.334 e. The molecule has 0 fully saturated rings. The van der Waals surface area contributed by atoms with Gasteiger partial charge in [0, 0.05) is 31.5 Å². The molecule has 7 nitrogen and oxygen atoms in total. The van der Waals surface area contributed by atoms with E-state index in [0.29, 0.717) is 24.8 Å². The molecule has 0 saturated carbocycles. The van der Waals surface area contributed by atoms with Crippen molar-refractivity contribution in [2.45, 2.75) is 34.6 Å². The summed E-state index contributed by atoms with van der Waals surface area (Å²) >= 11 is 0. The predicted octanol–water partition coefficient (Wildman–Crippen LogP) is 1.87. The molecule has 24 heavy (non-hydrogen) atoms. The molecular formula is C17H28N6O. The molecule has 0 bridgehead atoms. The quantitative estimate of drug-likeness (QED) is 0.738. The maximum absolute atomic E-state index is 12.9. The summed E-state index contributed by atoms with van der Waals surface area (Å²) in [7, 11) is 0. The highest BCUT2D eigenvalue weighted by molar-refractivity contribution is 5.90. The summed E-state index contributed by atoms with van der Waals surface area (Å²) in [6.45, 7) is 14.6. The van der Waals surface area contributed by atoms with Gasteiger partial charge in [-0.25, -0.2) is 9.50 Å². The zero-order chi connectivity index (χ0) is 17.7. The highest BCUT2D eigenvalue weighted by Crippen LogP contribution is 2.08. The lowest BCUT2D eigenvalue weighted by Gasteiger charge is -2.27. The molecule has 2 rings (SSSR count). The topological polar surface area (TPSA) is 66.6 Å². The Hall–Kier alpha value is -2.02. The first-order valence-corrected chi connectivity index (χ1v) is 8.66. The summed E-state index contributed by atoms with van der Waals surface area (Å²) in [6, 6.07) is 1.85. The number of nitrogens with zero attached hydrogens (tertiary/aromatic N) is 6. The van der Waals surface area contributed by atoms with Crippen molar-refractivity contribution in [3.63, 3.8) is 0 Å². The molecule has 2 heterocycles. The molecule has 2 aromatic rings. The maximum atomic E-state index is 12.9. The molecule has 0 N–H and O–H groups in total. The summed E-state index contributed by atoms with van der Waals surface area (Å²) in [5, 5.41) is 4.35. The normalized spacial score (nSPS) is 11.6. The first-order chi connectivity index (χ1) is 11.5. The number of fused-ring (bicyclic) bond motifs is 1. The number of carbonyl (C=O) groups is 1. The summed E-state index contributed by atoms with van der Waals surface area (Å²) in [5.41, 5.74) is 0.908. The van der Waals surface area contributed by atoms with Crippen molar-refractivity contribution in [3.8, 4) is 0 Å². The second-order valence-electron chi connectivity index (χ2n) is 6.41. The third kappa shape index (κ3) is 4.29. The second-order valence-corrected chi connectivity index (χ2v) is 6.41. The van der Waals surface area contributed by atoms with E-state index in [9.17, 15) is 4.79 Å². The number of rotatable bonds is 8. The molecule has 0 saturated heterocycles. The van der Waals surface area contributed by atoms with Crippen LogP contribution in [0, 0.1) is 12.8 Å². The minimum atomic E-state index is -0.124. The number of amides is 1. The summed E-state index contributed by atoms with van der Waals surface area (Å²) in [4.78, 5) is 25.5. The monoisotopic (exact) mass is 332 g/mol. The Balaban J connectivity index is 2.20. The molecule has 0 atom stereocenters. The number of aromatic nitrogens is 4. The highest BCUT2D eigenvalue weighted by atomic mass is 16.2. The second kappa shape index (κ2) is 8.19.